The molecule has 0 fully saturated rings. The summed E-state index contributed by atoms with van der Waals surface area (Å²) in [7, 11) is 0. The maximum Gasteiger partial charge on any atom is 0.417 e. The first-order chi connectivity index (χ1) is 15.0. The Bertz CT molecular complexity index is 1290. The SMILES string of the molecule is CC(C)(C)c1ccc(/C=C/c2nc3cc(-c4cccc(O)c4)c(C(F)(F)F)cc3[nH]2)cc1. The minimum absolute atomic E-state index is 0.0271. The van der Waals surface area contributed by atoms with Crippen molar-refractivity contribution in [2.75, 3.05) is 0 Å². The fraction of sp³-hybridized carbons (Fsp3) is 0.192. The monoisotopic (exact) mass is 436 g/mol. The van der Waals surface area contributed by atoms with Crippen molar-refractivity contribution in [1.82, 2.24) is 9.97 Å². The number of fused-ring (bicyclic) bond motifs is 1. The number of halogens is 3. The van der Waals surface area contributed by atoms with Gasteiger partial charge in [-0.25, -0.2) is 4.98 Å². The van der Waals surface area contributed by atoms with E-state index in [0.717, 1.165) is 11.6 Å². The van der Waals surface area contributed by atoms with E-state index >= 15 is 0 Å². The normalized spacial score (nSPS) is 12.7. The average Bonchev–Trinajstić information content (AvgIpc) is 3.12. The van der Waals surface area contributed by atoms with E-state index in [1.807, 2.05) is 18.2 Å². The summed E-state index contributed by atoms with van der Waals surface area (Å²) in [4.78, 5) is 7.40. The lowest BCUT2D eigenvalue weighted by Gasteiger charge is -2.18. The molecule has 0 saturated carbocycles. The molecular formula is C26H23F3N2O. The Labute approximate surface area is 184 Å². The minimum Gasteiger partial charge on any atom is -0.508 e. The van der Waals surface area contributed by atoms with Crippen LogP contribution >= 0.6 is 0 Å². The van der Waals surface area contributed by atoms with Crippen LogP contribution in [0.15, 0.2) is 60.7 Å². The third-order valence-corrected chi connectivity index (χ3v) is 5.31. The Balaban J connectivity index is 1.72. The van der Waals surface area contributed by atoms with Crippen molar-refractivity contribution in [1.29, 1.82) is 0 Å². The molecule has 0 aliphatic heterocycles. The van der Waals surface area contributed by atoms with E-state index in [9.17, 15) is 18.3 Å². The highest BCUT2D eigenvalue weighted by Crippen LogP contribution is 2.39. The standard InChI is InChI=1S/C26H23F3N2O/c1-25(2,3)18-10-7-16(8-11-18)9-12-24-30-22-14-20(17-5-4-6-19(32)13-17)21(26(27,28)29)15-23(22)31-24/h4-15,32H,1-3H3,(H,30,31)/b12-9+. The van der Waals surface area contributed by atoms with E-state index in [1.165, 1.54) is 35.9 Å². The fourth-order valence-corrected chi connectivity index (χ4v) is 3.57. The van der Waals surface area contributed by atoms with Crippen LogP contribution in [0.1, 0.15) is 43.3 Å². The van der Waals surface area contributed by atoms with Crippen LogP contribution in [0.5, 0.6) is 5.75 Å². The second-order valence-corrected chi connectivity index (χ2v) is 8.79. The maximum atomic E-state index is 13.7. The highest BCUT2D eigenvalue weighted by atomic mass is 19.4. The summed E-state index contributed by atoms with van der Waals surface area (Å²) in [5, 5.41) is 9.71. The number of aromatic amines is 1. The molecule has 0 aliphatic carbocycles. The van der Waals surface area contributed by atoms with Gasteiger partial charge in [0.15, 0.2) is 0 Å². The average molecular weight is 436 g/mol. The second-order valence-electron chi connectivity index (χ2n) is 8.79. The molecule has 4 rings (SSSR count). The lowest BCUT2D eigenvalue weighted by Crippen LogP contribution is -2.10. The molecule has 0 spiro atoms. The second kappa shape index (κ2) is 7.86. The van der Waals surface area contributed by atoms with Crippen molar-refractivity contribution in [3.63, 3.8) is 0 Å². The quantitative estimate of drug-likeness (QED) is 0.351. The van der Waals surface area contributed by atoms with Gasteiger partial charge in [-0.2, -0.15) is 13.2 Å². The number of phenols is 1. The van der Waals surface area contributed by atoms with Crippen LogP contribution in [0.4, 0.5) is 13.2 Å². The van der Waals surface area contributed by atoms with Crippen molar-refractivity contribution in [3.05, 3.63) is 83.2 Å². The number of rotatable bonds is 3. The number of alkyl halides is 3. The zero-order chi connectivity index (χ0) is 23.1. The van der Waals surface area contributed by atoms with E-state index in [2.05, 4.69) is 42.9 Å². The number of nitrogens with one attached hydrogen (secondary N) is 1. The van der Waals surface area contributed by atoms with Gasteiger partial charge >= 0.3 is 6.18 Å². The number of hydrogen-bond acceptors (Lipinski definition) is 2. The molecule has 0 atom stereocenters. The maximum absolute atomic E-state index is 13.7. The molecule has 164 valence electrons. The van der Waals surface area contributed by atoms with Gasteiger partial charge in [-0.05, 0) is 58.0 Å². The summed E-state index contributed by atoms with van der Waals surface area (Å²) in [5.74, 6) is 0.361. The van der Waals surface area contributed by atoms with Gasteiger partial charge in [0, 0.05) is 0 Å². The van der Waals surface area contributed by atoms with Crippen LogP contribution in [0.2, 0.25) is 0 Å². The van der Waals surface area contributed by atoms with Gasteiger partial charge in [0.1, 0.15) is 11.6 Å². The minimum atomic E-state index is -4.55. The number of phenolic OH excluding ortho intramolecular Hbond substituents is 1. The Morgan fingerprint density at radius 3 is 2.25 bits per heavy atom. The summed E-state index contributed by atoms with van der Waals surface area (Å²) >= 11 is 0. The van der Waals surface area contributed by atoms with Crippen LogP contribution in [0.25, 0.3) is 34.3 Å². The van der Waals surface area contributed by atoms with Gasteiger partial charge in [0.25, 0.3) is 0 Å². The summed E-state index contributed by atoms with van der Waals surface area (Å²) < 4.78 is 41.2. The number of aromatic hydroxyl groups is 1. The molecule has 2 N–H and O–H groups in total. The van der Waals surface area contributed by atoms with Gasteiger partial charge in [0.2, 0.25) is 0 Å². The summed E-state index contributed by atoms with van der Waals surface area (Å²) in [6.45, 7) is 6.44. The molecule has 0 saturated heterocycles. The molecule has 6 heteroatoms. The van der Waals surface area contributed by atoms with E-state index in [1.54, 1.807) is 6.08 Å². The number of imidazole rings is 1. The number of H-pyrrole nitrogens is 1. The van der Waals surface area contributed by atoms with Gasteiger partial charge in [0.05, 0.1) is 16.6 Å². The van der Waals surface area contributed by atoms with E-state index < -0.39 is 11.7 Å². The zero-order valence-electron chi connectivity index (χ0n) is 18.0. The van der Waals surface area contributed by atoms with Crippen LogP contribution in [0, 0.1) is 0 Å². The van der Waals surface area contributed by atoms with Crippen molar-refractivity contribution < 1.29 is 18.3 Å². The summed E-state index contributed by atoms with van der Waals surface area (Å²) in [6, 6.07) is 16.4. The molecule has 0 bridgehead atoms. The van der Waals surface area contributed by atoms with Gasteiger partial charge in [-0.1, -0.05) is 63.2 Å². The van der Waals surface area contributed by atoms with Crippen LogP contribution in [0.3, 0.4) is 0 Å². The van der Waals surface area contributed by atoms with E-state index in [4.69, 9.17) is 0 Å². The summed E-state index contributed by atoms with van der Waals surface area (Å²) in [6.07, 6.45) is -0.941. The van der Waals surface area contributed by atoms with Crippen LogP contribution in [-0.4, -0.2) is 15.1 Å². The van der Waals surface area contributed by atoms with Crippen molar-refractivity contribution in [3.8, 4) is 16.9 Å². The van der Waals surface area contributed by atoms with E-state index in [-0.39, 0.29) is 22.3 Å². The van der Waals surface area contributed by atoms with Crippen LogP contribution in [-0.2, 0) is 11.6 Å². The number of benzene rings is 3. The number of aromatic nitrogens is 2. The van der Waals surface area contributed by atoms with Gasteiger partial charge in [-0.15, -0.1) is 0 Å². The first-order valence-corrected chi connectivity index (χ1v) is 10.2. The number of nitrogens with zero attached hydrogens (tertiary/aromatic N) is 1. The topological polar surface area (TPSA) is 48.9 Å². The predicted octanol–water partition coefficient (Wildman–Crippen LogP) is 7.42. The highest BCUT2D eigenvalue weighted by Gasteiger charge is 2.34. The Morgan fingerprint density at radius 1 is 0.906 bits per heavy atom. The molecule has 1 aromatic heterocycles. The lowest BCUT2D eigenvalue weighted by atomic mass is 9.87. The number of hydrogen-bond donors (Lipinski definition) is 2. The van der Waals surface area contributed by atoms with E-state index in [0.29, 0.717) is 16.9 Å². The zero-order valence-corrected chi connectivity index (χ0v) is 18.0. The molecule has 0 unspecified atom stereocenters. The molecule has 3 aromatic carbocycles. The lowest BCUT2D eigenvalue weighted by molar-refractivity contribution is -0.137. The van der Waals surface area contributed by atoms with Crippen LogP contribution < -0.4 is 0 Å². The Kier molecular flexibility index (Phi) is 5.33. The van der Waals surface area contributed by atoms with Gasteiger partial charge in [-0.3, -0.25) is 0 Å². The molecule has 1 heterocycles. The molecular weight excluding hydrogens is 413 g/mol. The summed E-state index contributed by atoms with van der Waals surface area (Å²) in [5.41, 5.74) is 2.42. The van der Waals surface area contributed by atoms with Crippen molar-refractivity contribution in [2.45, 2.75) is 32.4 Å². The fourth-order valence-electron chi connectivity index (χ4n) is 3.57. The molecule has 4 aromatic rings. The molecule has 32 heavy (non-hydrogen) atoms. The smallest absolute Gasteiger partial charge is 0.417 e. The molecule has 0 amide bonds. The first-order valence-electron chi connectivity index (χ1n) is 10.2. The molecule has 3 nitrogen and oxygen atoms in total. The third kappa shape index (κ3) is 4.54. The highest BCUT2D eigenvalue weighted by molar-refractivity contribution is 5.86. The first kappa shape index (κ1) is 21.7. The van der Waals surface area contributed by atoms with Gasteiger partial charge < -0.3 is 10.1 Å². The molecule has 0 radical (unpaired) electrons. The molecule has 0 aliphatic rings. The third-order valence-electron chi connectivity index (χ3n) is 5.31. The predicted molar refractivity (Wildman–Crippen MR) is 122 cm³/mol. The largest absolute Gasteiger partial charge is 0.508 e. The Morgan fingerprint density at radius 2 is 1.62 bits per heavy atom. The Hall–Kier alpha value is -3.54. The van der Waals surface area contributed by atoms with Crippen molar-refractivity contribution >= 4 is 23.2 Å². The van der Waals surface area contributed by atoms with Crippen molar-refractivity contribution in [2.24, 2.45) is 0 Å².